The predicted molar refractivity (Wildman–Crippen MR) is 96.1 cm³/mol. The van der Waals surface area contributed by atoms with E-state index in [9.17, 15) is 10.4 Å². The summed E-state index contributed by atoms with van der Waals surface area (Å²) < 4.78 is 5.35. The highest BCUT2D eigenvalue weighted by Crippen LogP contribution is 2.21. The summed E-state index contributed by atoms with van der Waals surface area (Å²) in [7, 11) is 0. The van der Waals surface area contributed by atoms with Gasteiger partial charge in [-0.3, -0.25) is 14.7 Å². The van der Waals surface area contributed by atoms with E-state index in [1.165, 1.54) is 0 Å². The van der Waals surface area contributed by atoms with Gasteiger partial charge in [-0.05, 0) is 5.56 Å². The number of ether oxygens (including phenoxy) is 1. The van der Waals surface area contributed by atoms with Gasteiger partial charge in [0.05, 0.1) is 25.4 Å². The quantitative estimate of drug-likeness (QED) is 0.814. The van der Waals surface area contributed by atoms with E-state index in [1.807, 2.05) is 30.3 Å². The smallest absolute Gasteiger partial charge is 0.123 e. The Morgan fingerprint density at radius 2 is 1.56 bits per heavy atom. The lowest BCUT2D eigenvalue weighted by atomic mass is 10.1. The number of morpholine rings is 1. The van der Waals surface area contributed by atoms with E-state index in [4.69, 9.17) is 4.74 Å². The van der Waals surface area contributed by atoms with Gasteiger partial charge >= 0.3 is 0 Å². The van der Waals surface area contributed by atoms with E-state index in [-0.39, 0.29) is 12.1 Å². The molecule has 1 aromatic carbocycles. The first-order chi connectivity index (χ1) is 12.3. The van der Waals surface area contributed by atoms with Crippen LogP contribution in [0.3, 0.4) is 0 Å². The van der Waals surface area contributed by atoms with E-state index < -0.39 is 0 Å². The molecule has 2 saturated heterocycles. The fourth-order valence-corrected chi connectivity index (χ4v) is 3.64. The van der Waals surface area contributed by atoms with Gasteiger partial charge in [-0.1, -0.05) is 30.3 Å². The van der Waals surface area contributed by atoms with Gasteiger partial charge < -0.3 is 9.84 Å². The molecule has 0 amide bonds. The molecule has 1 aromatic rings. The Bertz CT molecular complexity index is 548. The lowest BCUT2D eigenvalue weighted by Gasteiger charge is -2.38. The number of aliphatic hydroxyl groups is 1. The second-order valence-electron chi connectivity index (χ2n) is 6.85. The summed E-state index contributed by atoms with van der Waals surface area (Å²) in [5.41, 5.74) is 1.06. The molecule has 136 valence electrons. The van der Waals surface area contributed by atoms with E-state index in [0.29, 0.717) is 13.1 Å². The molecule has 2 heterocycles. The number of aliphatic hydroxyl groups excluding tert-OH is 1. The zero-order chi connectivity index (χ0) is 17.5. The fraction of sp³-hybridized carbons (Fsp3) is 0.632. The summed E-state index contributed by atoms with van der Waals surface area (Å²) in [5, 5.41) is 19.9. The van der Waals surface area contributed by atoms with Crippen molar-refractivity contribution in [1.29, 1.82) is 5.26 Å². The summed E-state index contributed by atoms with van der Waals surface area (Å²) in [6.45, 7) is 8.27. The first kappa shape index (κ1) is 18.3. The number of piperazine rings is 1. The first-order valence-electron chi connectivity index (χ1n) is 9.15. The number of nitrogens with zero attached hydrogens (tertiary/aromatic N) is 4. The highest BCUT2D eigenvalue weighted by molar-refractivity contribution is 5.24. The Labute approximate surface area is 150 Å². The van der Waals surface area contributed by atoms with Crippen molar-refractivity contribution < 1.29 is 9.84 Å². The number of hydrogen-bond donors (Lipinski definition) is 1. The fourth-order valence-electron chi connectivity index (χ4n) is 3.64. The lowest BCUT2D eigenvalue weighted by molar-refractivity contribution is 0.00150. The molecule has 6 heteroatoms. The molecule has 2 unspecified atom stereocenters. The Hall–Kier alpha value is -1.49. The molecule has 2 atom stereocenters. The van der Waals surface area contributed by atoms with Crippen molar-refractivity contribution in [2.45, 2.75) is 12.1 Å². The molecule has 0 saturated carbocycles. The van der Waals surface area contributed by atoms with Crippen molar-refractivity contribution in [3.05, 3.63) is 35.9 Å². The maximum Gasteiger partial charge on any atom is 0.123 e. The van der Waals surface area contributed by atoms with Gasteiger partial charge in [0.25, 0.3) is 0 Å². The second-order valence-corrected chi connectivity index (χ2v) is 6.85. The zero-order valence-electron chi connectivity index (χ0n) is 14.8. The maximum absolute atomic E-state index is 10.4. The summed E-state index contributed by atoms with van der Waals surface area (Å²) in [4.78, 5) is 6.81. The molecule has 2 aliphatic heterocycles. The number of nitriles is 1. The van der Waals surface area contributed by atoms with Crippen LogP contribution in [0.4, 0.5) is 0 Å². The second kappa shape index (κ2) is 9.27. The van der Waals surface area contributed by atoms with Crippen molar-refractivity contribution in [3.63, 3.8) is 0 Å². The van der Waals surface area contributed by atoms with Crippen molar-refractivity contribution in [2.24, 2.45) is 0 Å². The van der Waals surface area contributed by atoms with Gasteiger partial charge in [0.2, 0.25) is 0 Å². The third-order valence-corrected chi connectivity index (χ3v) is 5.05. The van der Waals surface area contributed by atoms with Gasteiger partial charge in [-0.15, -0.1) is 0 Å². The molecule has 0 radical (unpaired) electrons. The number of rotatable bonds is 6. The van der Waals surface area contributed by atoms with Crippen LogP contribution < -0.4 is 0 Å². The van der Waals surface area contributed by atoms with Crippen molar-refractivity contribution >= 4 is 0 Å². The highest BCUT2D eigenvalue weighted by atomic mass is 16.5. The van der Waals surface area contributed by atoms with Crippen molar-refractivity contribution in [3.8, 4) is 6.07 Å². The molecule has 0 aliphatic carbocycles. The molecule has 0 spiro atoms. The summed E-state index contributed by atoms with van der Waals surface area (Å²) in [6, 6.07) is 12.2. The predicted octanol–water partition coefficient (Wildman–Crippen LogP) is 0.562. The highest BCUT2D eigenvalue weighted by Gasteiger charge is 2.26. The van der Waals surface area contributed by atoms with Gasteiger partial charge in [0, 0.05) is 52.4 Å². The minimum absolute atomic E-state index is 0.179. The number of hydrogen-bond acceptors (Lipinski definition) is 6. The van der Waals surface area contributed by atoms with Gasteiger partial charge in [0.1, 0.15) is 6.04 Å². The third kappa shape index (κ3) is 5.24. The zero-order valence-corrected chi connectivity index (χ0v) is 14.8. The molecule has 1 N–H and O–H groups in total. The molecule has 2 fully saturated rings. The molecular formula is C19H28N4O2. The van der Waals surface area contributed by atoms with E-state index in [1.54, 1.807) is 0 Å². The van der Waals surface area contributed by atoms with Crippen LogP contribution in [0.2, 0.25) is 0 Å². The topological polar surface area (TPSA) is 63.0 Å². The summed E-state index contributed by atoms with van der Waals surface area (Å²) in [5.74, 6) is 0. The first-order valence-corrected chi connectivity index (χ1v) is 9.15. The maximum atomic E-state index is 10.4. The van der Waals surface area contributed by atoms with Crippen LogP contribution in [-0.2, 0) is 4.74 Å². The molecule has 6 nitrogen and oxygen atoms in total. The van der Waals surface area contributed by atoms with Crippen LogP contribution in [0.15, 0.2) is 30.3 Å². The van der Waals surface area contributed by atoms with Crippen LogP contribution >= 0.6 is 0 Å². The standard InChI is InChI=1S/C19H28N4O2/c20-14-19(17-4-2-1-3-5-17)23-8-6-21(7-9-23)15-18(24)16-22-10-12-25-13-11-22/h1-5,18-19,24H,6-13,15-16H2. The van der Waals surface area contributed by atoms with Gasteiger partial charge in [-0.2, -0.15) is 5.26 Å². The minimum Gasteiger partial charge on any atom is -0.390 e. The Balaban J connectivity index is 1.44. The molecule has 3 rings (SSSR count). The van der Waals surface area contributed by atoms with E-state index >= 15 is 0 Å². The summed E-state index contributed by atoms with van der Waals surface area (Å²) >= 11 is 0. The van der Waals surface area contributed by atoms with Crippen molar-refractivity contribution in [1.82, 2.24) is 14.7 Å². The largest absolute Gasteiger partial charge is 0.390 e. The third-order valence-electron chi connectivity index (χ3n) is 5.05. The van der Waals surface area contributed by atoms with Crippen LogP contribution in [0.5, 0.6) is 0 Å². The molecule has 2 aliphatic rings. The van der Waals surface area contributed by atoms with E-state index in [0.717, 1.165) is 58.0 Å². The SMILES string of the molecule is N#CC(c1ccccc1)N1CCN(CC(O)CN2CCOCC2)CC1. The Morgan fingerprint density at radius 1 is 0.960 bits per heavy atom. The Morgan fingerprint density at radius 3 is 2.16 bits per heavy atom. The van der Waals surface area contributed by atoms with Gasteiger partial charge in [0.15, 0.2) is 0 Å². The average Bonchev–Trinajstić information content (AvgIpc) is 2.65. The monoisotopic (exact) mass is 344 g/mol. The average molecular weight is 344 g/mol. The van der Waals surface area contributed by atoms with Gasteiger partial charge in [-0.25, -0.2) is 0 Å². The molecule has 0 bridgehead atoms. The molecule has 25 heavy (non-hydrogen) atoms. The lowest BCUT2D eigenvalue weighted by Crippen LogP contribution is -2.51. The number of β-amino-alcohol motifs (C(OH)–C–C–N with tert-alkyl or cyclic N) is 1. The normalized spacial score (nSPS) is 23.0. The molecular weight excluding hydrogens is 316 g/mol. The molecule has 0 aromatic heterocycles. The van der Waals surface area contributed by atoms with E-state index in [2.05, 4.69) is 20.8 Å². The van der Waals surface area contributed by atoms with Crippen LogP contribution in [0.1, 0.15) is 11.6 Å². The number of benzene rings is 1. The minimum atomic E-state index is -0.328. The Kier molecular flexibility index (Phi) is 6.79. The van der Waals surface area contributed by atoms with Crippen molar-refractivity contribution in [2.75, 3.05) is 65.6 Å². The van der Waals surface area contributed by atoms with Crippen LogP contribution in [0, 0.1) is 11.3 Å². The van der Waals surface area contributed by atoms with Crippen LogP contribution in [0.25, 0.3) is 0 Å². The van der Waals surface area contributed by atoms with Crippen LogP contribution in [-0.4, -0.2) is 91.5 Å². The summed E-state index contributed by atoms with van der Waals surface area (Å²) in [6.07, 6.45) is -0.328.